The Morgan fingerprint density at radius 2 is 2.00 bits per heavy atom. The molecule has 0 bridgehead atoms. The highest BCUT2D eigenvalue weighted by Gasteiger charge is 2.15. The van der Waals surface area contributed by atoms with Gasteiger partial charge in [-0.3, -0.25) is 9.78 Å². The molecule has 0 atom stereocenters. The third kappa shape index (κ3) is 2.89. The Labute approximate surface area is 108 Å². The molecule has 7 heteroatoms. The summed E-state index contributed by atoms with van der Waals surface area (Å²) in [6.07, 6.45) is 4.11. The molecule has 7 nitrogen and oxygen atoms in total. The fourth-order valence-electron chi connectivity index (χ4n) is 1.37. The lowest BCUT2D eigenvalue weighted by molar-refractivity contribution is 0.0692. The first-order valence-corrected chi connectivity index (χ1v) is 5.36. The van der Waals surface area contributed by atoms with Crippen molar-refractivity contribution in [3.8, 4) is 0 Å². The highest BCUT2D eigenvalue weighted by Crippen LogP contribution is 2.13. The number of nitrogens with one attached hydrogen (secondary N) is 1. The van der Waals surface area contributed by atoms with Gasteiger partial charge in [-0.15, -0.1) is 0 Å². The topological polar surface area (TPSA) is 105 Å². The van der Waals surface area contributed by atoms with Crippen molar-refractivity contribution in [1.82, 2.24) is 15.0 Å². The van der Waals surface area contributed by atoms with Crippen LogP contribution in [0.1, 0.15) is 26.7 Å². The van der Waals surface area contributed by atoms with Gasteiger partial charge in [0.2, 0.25) is 0 Å². The van der Waals surface area contributed by atoms with E-state index >= 15 is 0 Å². The van der Waals surface area contributed by atoms with Crippen LogP contribution in [0.15, 0.2) is 30.7 Å². The number of hydrogen-bond donors (Lipinski definition) is 2. The van der Waals surface area contributed by atoms with E-state index in [4.69, 9.17) is 5.11 Å². The second-order valence-corrected chi connectivity index (χ2v) is 3.70. The van der Waals surface area contributed by atoms with E-state index in [0.717, 1.165) is 0 Å². The molecule has 2 N–H and O–H groups in total. The third-order valence-corrected chi connectivity index (χ3v) is 2.27. The number of pyridine rings is 1. The summed E-state index contributed by atoms with van der Waals surface area (Å²) in [5, 5.41) is 11.4. The van der Waals surface area contributed by atoms with Crippen LogP contribution >= 0.6 is 0 Å². The largest absolute Gasteiger partial charge is 0.476 e. The lowest BCUT2D eigenvalue weighted by Gasteiger charge is -2.06. The van der Waals surface area contributed by atoms with Crippen molar-refractivity contribution in [2.75, 3.05) is 5.32 Å². The zero-order valence-corrected chi connectivity index (χ0v) is 9.99. The number of aromatic nitrogens is 3. The highest BCUT2D eigenvalue weighted by atomic mass is 16.4. The van der Waals surface area contributed by atoms with Gasteiger partial charge < -0.3 is 10.4 Å². The van der Waals surface area contributed by atoms with E-state index in [1.54, 1.807) is 6.92 Å². The zero-order chi connectivity index (χ0) is 13.8. The first kappa shape index (κ1) is 12.6. The minimum atomic E-state index is -1.22. The van der Waals surface area contributed by atoms with Crippen molar-refractivity contribution in [1.29, 1.82) is 0 Å². The number of aromatic carboxylic acids is 1. The predicted molar refractivity (Wildman–Crippen MR) is 65.9 cm³/mol. The van der Waals surface area contributed by atoms with Gasteiger partial charge in [0.25, 0.3) is 5.91 Å². The number of carboxylic acids is 1. The van der Waals surface area contributed by atoms with Crippen LogP contribution in [-0.4, -0.2) is 31.9 Å². The summed E-state index contributed by atoms with van der Waals surface area (Å²) >= 11 is 0. The number of nitrogens with zero attached hydrogens (tertiary/aromatic N) is 3. The van der Waals surface area contributed by atoms with Crippen molar-refractivity contribution in [3.05, 3.63) is 47.8 Å². The molecule has 0 saturated heterocycles. The predicted octanol–water partition coefficient (Wildman–Crippen LogP) is 1.13. The molecule has 0 radical (unpaired) electrons. The van der Waals surface area contributed by atoms with Gasteiger partial charge in [-0.25, -0.2) is 14.8 Å². The number of carboxylic acid groups (broad SMARTS) is 1. The van der Waals surface area contributed by atoms with E-state index in [-0.39, 0.29) is 17.1 Å². The summed E-state index contributed by atoms with van der Waals surface area (Å²) in [6.45, 7) is 1.75. The number of carbonyl (C=O) groups excluding carboxylic acids is 1. The molecule has 2 aromatic rings. The van der Waals surface area contributed by atoms with Gasteiger partial charge >= 0.3 is 5.97 Å². The van der Waals surface area contributed by atoms with E-state index < -0.39 is 11.9 Å². The van der Waals surface area contributed by atoms with Crippen LogP contribution in [0, 0.1) is 6.92 Å². The lowest BCUT2D eigenvalue weighted by atomic mass is 10.3. The smallest absolute Gasteiger partial charge is 0.356 e. The fraction of sp³-hybridized carbons (Fsp3) is 0.0833. The maximum Gasteiger partial charge on any atom is 0.356 e. The second-order valence-electron chi connectivity index (χ2n) is 3.70. The molecular formula is C12H10N4O3. The van der Waals surface area contributed by atoms with E-state index in [0.29, 0.717) is 5.69 Å². The molecule has 0 fully saturated rings. The Kier molecular flexibility index (Phi) is 3.46. The van der Waals surface area contributed by atoms with Gasteiger partial charge in [0.15, 0.2) is 5.69 Å². The second kappa shape index (κ2) is 5.21. The van der Waals surface area contributed by atoms with Crippen molar-refractivity contribution in [2.45, 2.75) is 6.92 Å². The van der Waals surface area contributed by atoms with Crippen LogP contribution in [0.25, 0.3) is 0 Å². The molecule has 2 aromatic heterocycles. The normalized spacial score (nSPS) is 9.95. The molecule has 0 saturated carbocycles. The minimum absolute atomic E-state index is 0.103. The molecule has 0 aromatic carbocycles. The Balaban J connectivity index is 2.24. The highest BCUT2D eigenvalue weighted by molar-refractivity contribution is 6.05. The number of amides is 1. The molecule has 0 aliphatic carbocycles. The van der Waals surface area contributed by atoms with Crippen molar-refractivity contribution < 1.29 is 14.7 Å². The molecule has 96 valence electrons. The van der Waals surface area contributed by atoms with E-state index in [9.17, 15) is 9.59 Å². The molecule has 2 rings (SSSR count). The fourth-order valence-corrected chi connectivity index (χ4v) is 1.37. The summed E-state index contributed by atoms with van der Waals surface area (Å²) in [5.41, 5.74) is 0.674. The van der Waals surface area contributed by atoms with E-state index in [1.807, 2.05) is 0 Å². The van der Waals surface area contributed by atoms with Gasteiger partial charge in [0, 0.05) is 12.4 Å². The summed E-state index contributed by atoms with van der Waals surface area (Å²) in [6, 6.07) is 2.98. The third-order valence-electron chi connectivity index (χ3n) is 2.27. The van der Waals surface area contributed by atoms with Crippen molar-refractivity contribution >= 4 is 17.6 Å². The molecule has 0 aliphatic heterocycles. The van der Waals surface area contributed by atoms with Gasteiger partial charge in [-0.1, -0.05) is 0 Å². The number of anilines is 1. The standard InChI is InChI=1S/C12H10N4O3/c1-7-5-15-9(6-14-7)11(17)16-8-3-2-4-13-10(8)12(18)19/h2-6H,1H3,(H,16,17)(H,18,19). The van der Waals surface area contributed by atoms with Gasteiger partial charge in [0.05, 0.1) is 17.6 Å². The molecule has 0 unspecified atom stereocenters. The number of carbonyl (C=O) groups is 2. The van der Waals surface area contributed by atoms with Crippen molar-refractivity contribution in [3.63, 3.8) is 0 Å². The Morgan fingerprint density at radius 3 is 2.63 bits per heavy atom. The van der Waals surface area contributed by atoms with Crippen LogP contribution in [-0.2, 0) is 0 Å². The molecule has 2 heterocycles. The summed E-state index contributed by atoms with van der Waals surface area (Å²) in [5.74, 6) is -1.76. The SMILES string of the molecule is Cc1cnc(C(=O)Nc2cccnc2C(=O)O)cn1. The Hall–Kier alpha value is -2.83. The molecular weight excluding hydrogens is 248 g/mol. The average molecular weight is 258 g/mol. The molecule has 0 aliphatic rings. The number of aryl methyl sites for hydroxylation is 1. The summed E-state index contributed by atoms with van der Waals surface area (Å²) < 4.78 is 0. The van der Waals surface area contributed by atoms with Crippen LogP contribution in [0.4, 0.5) is 5.69 Å². The number of rotatable bonds is 3. The van der Waals surface area contributed by atoms with Gasteiger partial charge in [-0.2, -0.15) is 0 Å². The Bertz CT molecular complexity index is 625. The minimum Gasteiger partial charge on any atom is -0.476 e. The van der Waals surface area contributed by atoms with Crippen LogP contribution in [0.2, 0.25) is 0 Å². The van der Waals surface area contributed by atoms with Crippen LogP contribution < -0.4 is 5.32 Å². The Morgan fingerprint density at radius 1 is 1.21 bits per heavy atom. The van der Waals surface area contributed by atoms with Gasteiger partial charge in [0.1, 0.15) is 5.69 Å². The monoisotopic (exact) mass is 258 g/mol. The quantitative estimate of drug-likeness (QED) is 0.854. The maximum absolute atomic E-state index is 11.9. The lowest BCUT2D eigenvalue weighted by Crippen LogP contribution is -2.17. The zero-order valence-electron chi connectivity index (χ0n) is 9.99. The summed E-state index contributed by atoms with van der Waals surface area (Å²) in [7, 11) is 0. The van der Waals surface area contributed by atoms with Crippen LogP contribution in [0.3, 0.4) is 0 Å². The average Bonchev–Trinajstić information content (AvgIpc) is 2.39. The maximum atomic E-state index is 11.9. The molecule has 19 heavy (non-hydrogen) atoms. The summed E-state index contributed by atoms with van der Waals surface area (Å²) in [4.78, 5) is 34.3. The van der Waals surface area contributed by atoms with E-state index in [1.165, 1.54) is 30.7 Å². The van der Waals surface area contributed by atoms with E-state index in [2.05, 4.69) is 20.3 Å². The molecule has 0 spiro atoms. The first-order valence-electron chi connectivity index (χ1n) is 5.36. The van der Waals surface area contributed by atoms with Crippen molar-refractivity contribution in [2.24, 2.45) is 0 Å². The van der Waals surface area contributed by atoms with Crippen LogP contribution in [0.5, 0.6) is 0 Å². The first-order chi connectivity index (χ1) is 9.08. The van der Waals surface area contributed by atoms with Gasteiger partial charge in [-0.05, 0) is 19.1 Å². The molecule has 1 amide bonds. The number of hydrogen-bond acceptors (Lipinski definition) is 5.